The third-order valence-corrected chi connectivity index (χ3v) is 7.98. The Hall–Kier alpha value is -4.17. The minimum Gasteiger partial charge on any atom is -0.384 e. The van der Waals surface area contributed by atoms with Crippen LogP contribution in [0.1, 0.15) is 54.4 Å². The molecule has 3 aromatic rings. The summed E-state index contributed by atoms with van der Waals surface area (Å²) in [6.07, 6.45) is 4.88. The molecule has 1 saturated carbocycles. The van der Waals surface area contributed by atoms with Crippen molar-refractivity contribution in [1.29, 1.82) is 5.41 Å². The van der Waals surface area contributed by atoms with Crippen molar-refractivity contribution in [3.8, 4) is 0 Å². The number of nitrogens with two attached hydrogens (primary N) is 1. The molecule has 3 aromatic carbocycles. The largest absolute Gasteiger partial charge is 0.384 e. The number of hydrogen-bond acceptors (Lipinski definition) is 4. The summed E-state index contributed by atoms with van der Waals surface area (Å²) in [5.74, 6) is -2.32. The Labute approximate surface area is 251 Å². The number of rotatable bonds is 12. The van der Waals surface area contributed by atoms with Crippen LogP contribution in [0.4, 0.5) is 0 Å². The second kappa shape index (κ2) is 15.2. The number of nitrogens with one attached hydrogen (secondary N) is 4. The van der Waals surface area contributed by atoms with Crippen molar-refractivity contribution in [2.24, 2.45) is 17.6 Å². The van der Waals surface area contributed by atoms with Gasteiger partial charge in [0.25, 0.3) is 0 Å². The van der Waals surface area contributed by atoms with Crippen LogP contribution < -0.4 is 21.7 Å². The number of nitrogen functional groups attached to an aromatic ring is 1. The smallest absolute Gasteiger partial charge is 0.243 e. The summed E-state index contributed by atoms with van der Waals surface area (Å²) in [6.45, 7) is 0.582. The minimum atomic E-state index is -1.06. The zero-order valence-corrected chi connectivity index (χ0v) is 24.3. The molecule has 2 atom stereocenters. The lowest BCUT2D eigenvalue weighted by molar-refractivity contribution is -0.138. The summed E-state index contributed by atoms with van der Waals surface area (Å²) in [7, 11) is 0. The molecular weight excluding hydrogens is 550 g/mol. The van der Waals surface area contributed by atoms with Gasteiger partial charge in [0.05, 0.1) is 0 Å². The van der Waals surface area contributed by atoms with Crippen molar-refractivity contribution >= 4 is 35.2 Å². The van der Waals surface area contributed by atoms with Gasteiger partial charge >= 0.3 is 0 Å². The van der Waals surface area contributed by atoms with Crippen molar-refractivity contribution in [1.82, 2.24) is 16.0 Å². The van der Waals surface area contributed by atoms with Crippen molar-refractivity contribution in [3.63, 3.8) is 0 Å². The molecule has 1 aliphatic carbocycles. The number of amidine groups is 1. The molecule has 1 unspecified atom stereocenters. The summed E-state index contributed by atoms with van der Waals surface area (Å²) in [5.41, 5.74) is 8.71. The lowest BCUT2D eigenvalue weighted by Crippen LogP contribution is -2.54. The zero-order valence-electron chi connectivity index (χ0n) is 23.6. The monoisotopic (exact) mass is 587 g/mol. The molecule has 0 saturated heterocycles. The maximum absolute atomic E-state index is 13.8. The van der Waals surface area contributed by atoms with Gasteiger partial charge in [-0.1, -0.05) is 97.6 Å². The highest BCUT2D eigenvalue weighted by Gasteiger charge is 2.35. The molecule has 42 heavy (non-hydrogen) atoms. The van der Waals surface area contributed by atoms with Crippen LogP contribution in [0.5, 0.6) is 0 Å². The van der Waals surface area contributed by atoms with Gasteiger partial charge in [-0.05, 0) is 54.0 Å². The van der Waals surface area contributed by atoms with Crippen LogP contribution in [-0.2, 0) is 33.9 Å². The summed E-state index contributed by atoms with van der Waals surface area (Å²) < 4.78 is 0. The van der Waals surface area contributed by atoms with E-state index in [-0.39, 0.29) is 30.6 Å². The standard InChI is InChI=1S/C33H38ClN5O3/c34-27-17-13-24(14-18-27)21-38-33(42)29(25-9-5-2-6-10-25)39-32(41)28(19-22-11-15-26(16-12-22)30(35)36)31(40)37-20-23-7-3-1-4-8-23/h1,3-4,7-8,11-18,25,28-29H,2,5-6,9-10,19-21H2,(H3,35,36)(H,37,40)(H,38,42)(H,39,41)/t28?,29-/m0/s1. The van der Waals surface area contributed by atoms with Crippen molar-refractivity contribution in [2.75, 3.05) is 0 Å². The SMILES string of the molecule is N=C(N)c1ccc(CC(C(=O)NCc2ccccc2)C(=O)N[C@H](C(=O)NCc2ccc(Cl)cc2)C2CCCCC2)cc1. The Balaban J connectivity index is 1.51. The van der Waals surface area contributed by atoms with Crippen LogP contribution in [0.3, 0.4) is 0 Å². The first-order valence-electron chi connectivity index (χ1n) is 14.4. The molecule has 0 radical (unpaired) electrons. The van der Waals surface area contributed by atoms with E-state index in [1.807, 2.05) is 42.5 Å². The molecule has 1 aliphatic rings. The van der Waals surface area contributed by atoms with E-state index in [1.165, 1.54) is 0 Å². The van der Waals surface area contributed by atoms with Crippen LogP contribution in [0, 0.1) is 17.2 Å². The van der Waals surface area contributed by atoms with Crippen LogP contribution in [0.2, 0.25) is 5.02 Å². The highest BCUT2D eigenvalue weighted by atomic mass is 35.5. The Bertz CT molecular complexity index is 1360. The predicted molar refractivity (Wildman–Crippen MR) is 165 cm³/mol. The Morgan fingerprint density at radius 2 is 1.33 bits per heavy atom. The summed E-state index contributed by atoms with van der Waals surface area (Å²) in [5, 5.41) is 17.1. The van der Waals surface area contributed by atoms with Gasteiger partial charge in [0.15, 0.2) is 0 Å². The number of hydrogen-bond donors (Lipinski definition) is 5. The molecule has 9 heteroatoms. The maximum atomic E-state index is 13.8. The average Bonchev–Trinajstić information content (AvgIpc) is 3.02. The van der Waals surface area contributed by atoms with E-state index in [2.05, 4.69) is 16.0 Å². The molecule has 0 aliphatic heterocycles. The number of halogens is 1. The highest BCUT2D eigenvalue weighted by Crippen LogP contribution is 2.27. The van der Waals surface area contributed by atoms with Gasteiger partial charge < -0.3 is 21.7 Å². The summed E-state index contributed by atoms with van der Waals surface area (Å²) in [6, 6.07) is 22.9. The Kier molecular flexibility index (Phi) is 11.1. The maximum Gasteiger partial charge on any atom is 0.243 e. The predicted octanol–water partition coefficient (Wildman–Crippen LogP) is 4.48. The number of amides is 3. The molecule has 1 fully saturated rings. The minimum absolute atomic E-state index is 0.0178. The third-order valence-electron chi connectivity index (χ3n) is 7.73. The Morgan fingerprint density at radius 3 is 1.95 bits per heavy atom. The fourth-order valence-corrected chi connectivity index (χ4v) is 5.41. The fourth-order valence-electron chi connectivity index (χ4n) is 5.29. The van der Waals surface area contributed by atoms with E-state index in [1.54, 1.807) is 36.4 Å². The zero-order chi connectivity index (χ0) is 29.9. The molecule has 0 spiro atoms. The van der Waals surface area contributed by atoms with Crippen LogP contribution in [0.25, 0.3) is 0 Å². The highest BCUT2D eigenvalue weighted by molar-refractivity contribution is 6.30. The molecule has 4 rings (SSSR count). The third kappa shape index (κ3) is 8.91. The van der Waals surface area contributed by atoms with Gasteiger partial charge in [0, 0.05) is 23.7 Å². The van der Waals surface area contributed by atoms with E-state index < -0.39 is 23.8 Å². The van der Waals surface area contributed by atoms with Gasteiger partial charge in [0.2, 0.25) is 17.7 Å². The molecule has 0 bridgehead atoms. The summed E-state index contributed by atoms with van der Waals surface area (Å²) >= 11 is 5.99. The van der Waals surface area contributed by atoms with Gasteiger partial charge in [-0.25, -0.2) is 0 Å². The van der Waals surface area contributed by atoms with E-state index in [0.717, 1.165) is 48.8 Å². The first-order chi connectivity index (χ1) is 20.3. The molecule has 0 heterocycles. The molecule has 6 N–H and O–H groups in total. The van der Waals surface area contributed by atoms with Gasteiger partial charge in [-0.2, -0.15) is 0 Å². The van der Waals surface area contributed by atoms with Crippen molar-refractivity contribution in [3.05, 3.63) is 106 Å². The van der Waals surface area contributed by atoms with E-state index in [0.29, 0.717) is 17.1 Å². The van der Waals surface area contributed by atoms with Crippen LogP contribution in [0.15, 0.2) is 78.9 Å². The fraction of sp³-hybridized carbons (Fsp3) is 0.333. The van der Waals surface area contributed by atoms with E-state index in [4.69, 9.17) is 22.7 Å². The first-order valence-corrected chi connectivity index (χ1v) is 14.8. The summed E-state index contributed by atoms with van der Waals surface area (Å²) in [4.78, 5) is 40.8. The lowest BCUT2D eigenvalue weighted by atomic mass is 9.83. The molecular formula is C33H38ClN5O3. The molecule has 0 aromatic heterocycles. The normalized spacial score (nSPS) is 14.8. The molecule has 3 amide bonds. The Morgan fingerprint density at radius 1 is 0.762 bits per heavy atom. The molecule has 220 valence electrons. The van der Waals surface area contributed by atoms with Crippen molar-refractivity contribution < 1.29 is 14.4 Å². The number of carbonyl (C=O) groups is 3. The second-order valence-electron chi connectivity index (χ2n) is 10.8. The van der Waals surface area contributed by atoms with Gasteiger partial charge in [0.1, 0.15) is 17.8 Å². The number of carbonyl (C=O) groups excluding carboxylic acids is 3. The lowest BCUT2D eigenvalue weighted by Gasteiger charge is -2.31. The molecule has 8 nitrogen and oxygen atoms in total. The van der Waals surface area contributed by atoms with Gasteiger partial charge in [-0.3, -0.25) is 19.8 Å². The van der Waals surface area contributed by atoms with Crippen LogP contribution in [-0.4, -0.2) is 29.6 Å². The van der Waals surface area contributed by atoms with Gasteiger partial charge in [-0.15, -0.1) is 0 Å². The second-order valence-corrected chi connectivity index (χ2v) is 11.2. The van der Waals surface area contributed by atoms with Crippen LogP contribution >= 0.6 is 11.6 Å². The topological polar surface area (TPSA) is 137 Å². The quantitative estimate of drug-likeness (QED) is 0.121. The first kappa shape index (κ1) is 30.8. The average molecular weight is 588 g/mol. The van der Waals surface area contributed by atoms with Crippen molar-refractivity contribution in [2.45, 2.75) is 57.7 Å². The van der Waals surface area contributed by atoms with E-state index in [9.17, 15) is 14.4 Å². The number of benzene rings is 3. The van der Waals surface area contributed by atoms with E-state index >= 15 is 0 Å².